The zero-order valence-electron chi connectivity index (χ0n) is 11.7. The molecule has 0 aliphatic rings. The number of aryl methyl sites for hydroxylation is 2. The summed E-state index contributed by atoms with van der Waals surface area (Å²) < 4.78 is 0. The summed E-state index contributed by atoms with van der Waals surface area (Å²) in [6.07, 6.45) is 0. The zero-order chi connectivity index (χ0) is 14.7. The normalized spacial score (nSPS) is 12.2. The lowest BCUT2D eigenvalue weighted by Gasteiger charge is -2.13. The van der Waals surface area contributed by atoms with E-state index in [2.05, 4.69) is 23.3 Å². The number of benzene rings is 1. The molecule has 0 amide bonds. The summed E-state index contributed by atoms with van der Waals surface area (Å²) in [5.41, 5.74) is 2.66. The molecule has 2 rings (SSSR count). The van der Waals surface area contributed by atoms with Crippen LogP contribution in [0.4, 0.5) is 0 Å². The van der Waals surface area contributed by atoms with Crippen LogP contribution in [0.15, 0.2) is 18.2 Å². The zero-order valence-corrected chi connectivity index (χ0v) is 13.3. The highest BCUT2D eigenvalue weighted by atomic mass is 35.5. The van der Waals surface area contributed by atoms with Gasteiger partial charge in [-0.15, -0.1) is 11.3 Å². The van der Waals surface area contributed by atoms with Crippen molar-refractivity contribution in [3.8, 4) is 6.07 Å². The van der Waals surface area contributed by atoms with Gasteiger partial charge in [0.05, 0.1) is 22.3 Å². The molecular weight excluding hydrogens is 290 g/mol. The summed E-state index contributed by atoms with van der Waals surface area (Å²) >= 11 is 7.89. The van der Waals surface area contributed by atoms with E-state index in [1.165, 1.54) is 4.88 Å². The van der Waals surface area contributed by atoms with Crippen molar-refractivity contribution in [3.63, 3.8) is 0 Å². The van der Waals surface area contributed by atoms with Crippen LogP contribution < -0.4 is 5.32 Å². The molecule has 1 unspecified atom stereocenters. The maximum atomic E-state index is 8.82. The second kappa shape index (κ2) is 6.36. The first kappa shape index (κ1) is 15.0. The molecule has 0 fully saturated rings. The molecule has 104 valence electrons. The Balaban J connectivity index is 2.05. The minimum Gasteiger partial charge on any atom is -0.305 e. The van der Waals surface area contributed by atoms with Gasteiger partial charge >= 0.3 is 0 Å². The van der Waals surface area contributed by atoms with Crippen LogP contribution >= 0.6 is 22.9 Å². The van der Waals surface area contributed by atoms with Crippen molar-refractivity contribution in [1.29, 1.82) is 5.26 Å². The minimum absolute atomic E-state index is 0.230. The summed E-state index contributed by atoms with van der Waals surface area (Å²) in [6, 6.07) is 7.70. The number of thiazole rings is 1. The molecule has 0 bridgehead atoms. The van der Waals surface area contributed by atoms with Crippen molar-refractivity contribution in [2.24, 2.45) is 0 Å². The van der Waals surface area contributed by atoms with Crippen LogP contribution in [0.5, 0.6) is 0 Å². The predicted octanol–water partition coefficient (Wildman–Crippen LogP) is 4.14. The van der Waals surface area contributed by atoms with E-state index in [9.17, 15) is 0 Å². The number of aromatic nitrogens is 1. The third-order valence-electron chi connectivity index (χ3n) is 3.11. The van der Waals surface area contributed by atoms with Crippen LogP contribution in [0.2, 0.25) is 5.02 Å². The fourth-order valence-corrected chi connectivity index (χ4v) is 3.27. The molecule has 2 aromatic rings. The van der Waals surface area contributed by atoms with Crippen LogP contribution in [-0.4, -0.2) is 4.98 Å². The van der Waals surface area contributed by atoms with Crippen LogP contribution in [0.1, 0.15) is 39.7 Å². The molecule has 20 heavy (non-hydrogen) atoms. The Kier molecular flexibility index (Phi) is 4.77. The molecule has 0 saturated carbocycles. The average molecular weight is 306 g/mol. The molecule has 0 aliphatic carbocycles. The van der Waals surface area contributed by atoms with Crippen LogP contribution in [0.25, 0.3) is 0 Å². The highest BCUT2D eigenvalue weighted by Crippen LogP contribution is 2.25. The Bertz CT molecular complexity index is 658. The fraction of sp³-hybridized carbons (Fsp3) is 0.333. The molecule has 1 N–H and O–H groups in total. The minimum atomic E-state index is 0.230. The second-order valence-corrected chi connectivity index (χ2v) is 6.35. The second-order valence-electron chi connectivity index (χ2n) is 4.70. The Morgan fingerprint density at radius 2 is 2.20 bits per heavy atom. The van der Waals surface area contributed by atoms with Crippen molar-refractivity contribution in [1.82, 2.24) is 10.3 Å². The van der Waals surface area contributed by atoms with Gasteiger partial charge in [0.2, 0.25) is 0 Å². The summed E-state index contributed by atoms with van der Waals surface area (Å²) in [7, 11) is 0. The molecule has 1 aromatic heterocycles. The first-order valence-corrected chi connectivity index (χ1v) is 7.56. The van der Waals surface area contributed by atoms with Crippen LogP contribution in [-0.2, 0) is 6.54 Å². The lowest BCUT2D eigenvalue weighted by molar-refractivity contribution is 0.579. The highest BCUT2D eigenvalue weighted by Gasteiger charge is 2.13. The molecule has 3 nitrogen and oxygen atoms in total. The number of nitrogens with zero attached hydrogens (tertiary/aromatic N) is 2. The molecule has 5 heteroatoms. The van der Waals surface area contributed by atoms with Gasteiger partial charge in [-0.1, -0.05) is 17.7 Å². The number of hydrogen-bond acceptors (Lipinski definition) is 4. The average Bonchev–Trinajstić information content (AvgIpc) is 2.76. The van der Waals surface area contributed by atoms with E-state index in [1.54, 1.807) is 23.5 Å². The number of rotatable bonds is 4. The molecule has 0 spiro atoms. The van der Waals surface area contributed by atoms with Crippen molar-refractivity contribution >= 4 is 22.9 Å². The Morgan fingerprint density at radius 1 is 1.45 bits per heavy atom. The van der Waals surface area contributed by atoms with Gasteiger partial charge in [0.25, 0.3) is 0 Å². The lowest BCUT2D eigenvalue weighted by Crippen LogP contribution is -2.18. The van der Waals surface area contributed by atoms with E-state index in [0.717, 1.165) is 16.3 Å². The number of halogens is 1. The fourth-order valence-electron chi connectivity index (χ4n) is 2.06. The SMILES string of the molecule is Cc1nc(C)c(C(C)NCc2ccc(C#N)cc2Cl)s1. The topological polar surface area (TPSA) is 48.7 Å². The molecule has 1 heterocycles. The maximum Gasteiger partial charge on any atom is 0.0992 e. The molecule has 1 aromatic carbocycles. The Hall–Kier alpha value is -1.41. The van der Waals surface area contributed by atoms with E-state index in [0.29, 0.717) is 17.1 Å². The van der Waals surface area contributed by atoms with Gasteiger partial charge in [-0.3, -0.25) is 0 Å². The van der Waals surface area contributed by atoms with E-state index >= 15 is 0 Å². The smallest absolute Gasteiger partial charge is 0.0992 e. The Morgan fingerprint density at radius 3 is 2.75 bits per heavy atom. The Labute approximate surface area is 128 Å². The standard InChI is InChI=1S/C15H16ClN3S/c1-9(15-10(2)19-11(3)20-15)18-8-13-5-4-12(7-17)6-14(13)16/h4-6,9,18H,8H2,1-3H3. The van der Waals surface area contributed by atoms with Crippen molar-refractivity contribution in [2.75, 3.05) is 0 Å². The molecule has 0 radical (unpaired) electrons. The van der Waals surface area contributed by atoms with Gasteiger partial charge in [-0.2, -0.15) is 5.26 Å². The summed E-state index contributed by atoms with van der Waals surface area (Å²) in [6.45, 7) is 6.84. The molecule has 0 aliphatic heterocycles. The van der Waals surface area contributed by atoms with Crippen molar-refractivity contribution < 1.29 is 0 Å². The quantitative estimate of drug-likeness (QED) is 0.923. The monoisotopic (exact) mass is 305 g/mol. The van der Waals surface area contributed by atoms with Crippen molar-refractivity contribution in [3.05, 3.63) is 49.9 Å². The van der Waals surface area contributed by atoms with Crippen LogP contribution in [0, 0.1) is 25.2 Å². The van der Waals surface area contributed by atoms with Gasteiger partial charge in [-0.25, -0.2) is 4.98 Å². The molecular formula is C15H16ClN3S. The van der Waals surface area contributed by atoms with E-state index in [4.69, 9.17) is 16.9 Å². The number of nitrogens with one attached hydrogen (secondary N) is 1. The third kappa shape index (κ3) is 3.37. The maximum absolute atomic E-state index is 8.82. The van der Waals surface area contributed by atoms with E-state index < -0.39 is 0 Å². The van der Waals surface area contributed by atoms with Gasteiger partial charge in [0.15, 0.2) is 0 Å². The largest absolute Gasteiger partial charge is 0.305 e. The van der Waals surface area contributed by atoms with Gasteiger partial charge in [-0.05, 0) is 38.5 Å². The highest BCUT2D eigenvalue weighted by molar-refractivity contribution is 7.11. The summed E-state index contributed by atoms with van der Waals surface area (Å²) in [4.78, 5) is 5.70. The molecule has 1 atom stereocenters. The van der Waals surface area contributed by atoms with Crippen molar-refractivity contribution in [2.45, 2.75) is 33.4 Å². The summed E-state index contributed by atoms with van der Waals surface area (Å²) in [5.74, 6) is 0. The molecule has 0 saturated heterocycles. The van der Waals surface area contributed by atoms with E-state index in [-0.39, 0.29) is 6.04 Å². The third-order valence-corrected chi connectivity index (χ3v) is 4.72. The lowest BCUT2D eigenvalue weighted by atomic mass is 10.1. The number of hydrogen-bond donors (Lipinski definition) is 1. The van der Waals surface area contributed by atoms with Gasteiger partial charge in [0, 0.05) is 22.5 Å². The van der Waals surface area contributed by atoms with Gasteiger partial charge < -0.3 is 5.32 Å². The van der Waals surface area contributed by atoms with Gasteiger partial charge in [0.1, 0.15) is 0 Å². The number of nitriles is 1. The van der Waals surface area contributed by atoms with Crippen LogP contribution in [0.3, 0.4) is 0 Å². The predicted molar refractivity (Wildman–Crippen MR) is 83.0 cm³/mol. The first-order valence-electron chi connectivity index (χ1n) is 6.37. The first-order chi connectivity index (χ1) is 9.51. The summed E-state index contributed by atoms with van der Waals surface area (Å²) in [5, 5.41) is 14.0. The van der Waals surface area contributed by atoms with E-state index in [1.807, 2.05) is 19.9 Å².